The van der Waals surface area contributed by atoms with Crippen molar-refractivity contribution in [2.45, 2.75) is 33.7 Å². The third-order valence-corrected chi connectivity index (χ3v) is 5.07. The van der Waals surface area contributed by atoms with E-state index in [1.165, 1.54) is 4.90 Å². The van der Waals surface area contributed by atoms with Crippen LogP contribution in [0, 0.1) is 6.92 Å². The Morgan fingerprint density at radius 1 is 1.13 bits per heavy atom. The van der Waals surface area contributed by atoms with E-state index in [1.807, 2.05) is 38.1 Å². The highest BCUT2D eigenvalue weighted by Gasteiger charge is 2.17. The van der Waals surface area contributed by atoms with E-state index in [-0.39, 0.29) is 23.9 Å². The summed E-state index contributed by atoms with van der Waals surface area (Å²) in [6.45, 7) is 6.02. The molecule has 3 rings (SSSR count). The third-order valence-electron chi connectivity index (χ3n) is 5.07. The predicted octanol–water partition coefficient (Wildman–Crippen LogP) is 3.00. The van der Waals surface area contributed by atoms with E-state index in [0.29, 0.717) is 28.8 Å². The van der Waals surface area contributed by atoms with Crippen LogP contribution in [0.15, 0.2) is 47.3 Å². The topological polar surface area (TPSA) is 84.3 Å². The number of nitrogens with one attached hydrogen (secondary N) is 1. The lowest BCUT2D eigenvalue weighted by Crippen LogP contribution is -2.35. The zero-order valence-corrected chi connectivity index (χ0v) is 17.7. The minimum absolute atomic E-state index is 0.0736. The molecule has 0 radical (unpaired) electrons. The normalized spacial score (nSPS) is 10.8. The minimum Gasteiger partial charge on any atom is -0.332 e. The van der Waals surface area contributed by atoms with E-state index >= 15 is 0 Å². The fraction of sp³-hybridized carbons (Fsp3) is 0.304. The highest BCUT2D eigenvalue weighted by molar-refractivity contribution is 6.01. The predicted molar refractivity (Wildman–Crippen MR) is 118 cm³/mol. The second kappa shape index (κ2) is 8.90. The zero-order valence-electron chi connectivity index (χ0n) is 17.7. The van der Waals surface area contributed by atoms with Gasteiger partial charge >= 0.3 is 0 Å². The molecule has 0 aliphatic rings. The molecular formula is C23H26N4O3. The number of hydrogen-bond acceptors (Lipinski definition) is 4. The number of benzene rings is 2. The first-order valence-electron chi connectivity index (χ1n) is 10.00. The van der Waals surface area contributed by atoms with Gasteiger partial charge in [0.25, 0.3) is 11.5 Å². The fourth-order valence-electron chi connectivity index (χ4n) is 3.47. The number of amides is 2. The molecule has 156 valence electrons. The van der Waals surface area contributed by atoms with Crippen LogP contribution in [0.4, 0.5) is 5.69 Å². The van der Waals surface area contributed by atoms with Crippen LogP contribution in [0.1, 0.15) is 35.5 Å². The van der Waals surface area contributed by atoms with Crippen molar-refractivity contribution < 1.29 is 9.59 Å². The number of carbonyl (C=O) groups is 2. The first-order valence-corrected chi connectivity index (χ1v) is 10.00. The van der Waals surface area contributed by atoms with Gasteiger partial charge in [0, 0.05) is 24.8 Å². The summed E-state index contributed by atoms with van der Waals surface area (Å²) in [6.07, 6.45) is 0.803. The van der Waals surface area contributed by atoms with Gasteiger partial charge in [-0.1, -0.05) is 25.1 Å². The van der Waals surface area contributed by atoms with E-state index in [9.17, 15) is 14.4 Å². The summed E-state index contributed by atoms with van der Waals surface area (Å²) < 4.78 is 1.63. The smallest absolute Gasteiger partial charge is 0.272 e. The van der Waals surface area contributed by atoms with Crippen LogP contribution in [-0.2, 0) is 17.8 Å². The summed E-state index contributed by atoms with van der Waals surface area (Å²) in [5, 5.41) is 2.87. The molecule has 0 saturated heterocycles. The molecule has 2 amide bonds. The molecule has 3 aromatic rings. The van der Waals surface area contributed by atoms with Gasteiger partial charge in [0.2, 0.25) is 5.91 Å². The van der Waals surface area contributed by atoms with Gasteiger partial charge in [0.15, 0.2) is 0 Å². The quantitative estimate of drug-likeness (QED) is 0.682. The number of nitrogens with zero attached hydrogens (tertiary/aromatic N) is 3. The summed E-state index contributed by atoms with van der Waals surface area (Å²) in [4.78, 5) is 43.3. The Balaban J connectivity index is 1.78. The lowest BCUT2D eigenvalue weighted by Gasteiger charge is -2.18. The van der Waals surface area contributed by atoms with Gasteiger partial charge < -0.3 is 14.8 Å². The van der Waals surface area contributed by atoms with Crippen LogP contribution < -0.4 is 10.9 Å². The number of fused-ring (bicyclic) bond motifs is 1. The van der Waals surface area contributed by atoms with E-state index in [2.05, 4.69) is 10.3 Å². The Kier molecular flexibility index (Phi) is 6.30. The van der Waals surface area contributed by atoms with Crippen molar-refractivity contribution >= 4 is 28.5 Å². The van der Waals surface area contributed by atoms with Gasteiger partial charge in [0.1, 0.15) is 5.69 Å². The van der Waals surface area contributed by atoms with Gasteiger partial charge in [0.05, 0.1) is 17.6 Å². The van der Waals surface area contributed by atoms with Crippen LogP contribution in [0.5, 0.6) is 0 Å². The maximum absolute atomic E-state index is 12.9. The number of aryl methyl sites for hydroxylation is 3. The monoisotopic (exact) mass is 406 g/mol. The summed E-state index contributed by atoms with van der Waals surface area (Å²) >= 11 is 0. The second-order valence-corrected chi connectivity index (χ2v) is 7.17. The number of likely N-dealkylation sites (N-methyl/N-ethyl adjacent to an activating group) is 1. The summed E-state index contributed by atoms with van der Waals surface area (Å²) in [5.74, 6) is -0.550. The number of anilines is 1. The highest BCUT2D eigenvalue weighted by atomic mass is 16.2. The van der Waals surface area contributed by atoms with Gasteiger partial charge in [-0.3, -0.25) is 14.4 Å². The van der Waals surface area contributed by atoms with Crippen molar-refractivity contribution in [2.75, 3.05) is 18.9 Å². The van der Waals surface area contributed by atoms with E-state index in [0.717, 1.165) is 17.7 Å². The molecule has 0 saturated carbocycles. The molecule has 1 heterocycles. The van der Waals surface area contributed by atoms with E-state index in [1.54, 1.807) is 36.7 Å². The molecule has 0 spiro atoms. The average Bonchev–Trinajstić information content (AvgIpc) is 2.74. The van der Waals surface area contributed by atoms with Crippen LogP contribution in [0.2, 0.25) is 0 Å². The van der Waals surface area contributed by atoms with Crippen molar-refractivity contribution in [3.8, 4) is 0 Å². The average molecular weight is 406 g/mol. The van der Waals surface area contributed by atoms with Crippen molar-refractivity contribution in [3.05, 3.63) is 69.6 Å². The molecule has 0 aliphatic heterocycles. The molecule has 2 aromatic carbocycles. The molecule has 0 unspecified atom stereocenters. The van der Waals surface area contributed by atoms with Crippen LogP contribution in [0.25, 0.3) is 11.0 Å². The van der Waals surface area contributed by atoms with E-state index in [4.69, 9.17) is 0 Å². The van der Waals surface area contributed by atoms with Crippen molar-refractivity contribution in [2.24, 2.45) is 0 Å². The molecule has 7 heteroatoms. The Morgan fingerprint density at radius 3 is 2.57 bits per heavy atom. The lowest BCUT2D eigenvalue weighted by atomic mass is 10.1. The number of hydrogen-bond donors (Lipinski definition) is 1. The maximum atomic E-state index is 12.9. The van der Waals surface area contributed by atoms with Crippen LogP contribution in [-0.4, -0.2) is 39.9 Å². The standard InChI is InChI=1S/C23H26N4O3/c1-5-16-9-7-8-10-18(16)25-21(28)14-26(4)23(30)17-11-12-20-19(13-17)24-15(3)22(29)27(20)6-2/h7-13H,5-6,14H2,1-4H3,(H,25,28). The molecule has 1 N–H and O–H groups in total. The fourth-order valence-corrected chi connectivity index (χ4v) is 3.47. The molecule has 7 nitrogen and oxygen atoms in total. The molecule has 0 aliphatic carbocycles. The molecule has 1 aromatic heterocycles. The number of carbonyl (C=O) groups excluding carboxylic acids is 2. The Hall–Kier alpha value is -3.48. The first kappa shape index (κ1) is 21.2. The Labute approximate surface area is 175 Å². The number of aromatic nitrogens is 2. The van der Waals surface area contributed by atoms with Crippen molar-refractivity contribution in [1.29, 1.82) is 0 Å². The summed E-state index contributed by atoms with van der Waals surface area (Å²) in [7, 11) is 1.59. The number of rotatable bonds is 6. The van der Waals surface area contributed by atoms with Gasteiger partial charge in [-0.2, -0.15) is 0 Å². The highest BCUT2D eigenvalue weighted by Crippen LogP contribution is 2.17. The van der Waals surface area contributed by atoms with Crippen molar-refractivity contribution in [3.63, 3.8) is 0 Å². The maximum Gasteiger partial charge on any atom is 0.272 e. The van der Waals surface area contributed by atoms with Gasteiger partial charge in [-0.25, -0.2) is 4.98 Å². The molecular weight excluding hydrogens is 380 g/mol. The van der Waals surface area contributed by atoms with Crippen LogP contribution >= 0.6 is 0 Å². The molecule has 30 heavy (non-hydrogen) atoms. The van der Waals surface area contributed by atoms with Gasteiger partial charge in [-0.15, -0.1) is 0 Å². The minimum atomic E-state index is -0.287. The molecule has 0 bridgehead atoms. The zero-order chi connectivity index (χ0) is 21.8. The lowest BCUT2D eigenvalue weighted by molar-refractivity contribution is -0.116. The van der Waals surface area contributed by atoms with E-state index < -0.39 is 0 Å². The summed E-state index contributed by atoms with van der Waals surface area (Å²) in [6, 6.07) is 12.7. The number of para-hydroxylation sites is 1. The van der Waals surface area contributed by atoms with Crippen molar-refractivity contribution in [1.82, 2.24) is 14.5 Å². The molecule has 0 fully saturated rings. The SMILES string of the molecule is CCc1ccccc1NC(=O)CN(C)C(=O)c1ccc2c(c1)nc(C)c(=O)n2CC. The largest absolute Gasteiger partial charge is 0.332 e. The third kappa shape index (κ3) is 4.25. The summed E-state index contributed by atoms with van der Waals surface area (Å²) in [5.41, 5.74) is 3.73. The molecule has 0 atom stereocenters. The Bertz CT molecular complexity index is 1170. The van der Waals surface area contributed by atoms with Gasteiger partial charge in [-0.05, 0) is 50.1 Å². The Morgan fingerprint density at radius 2 is 1.87 bits per heavy atom. The first-order chi connectivity index (χ1) is 14.3. The van der Waals surface area contributed by atoms with Crippen LogP contribution in [0.3, 0.4) is 0 Å². The second-order valence-electron chi connectivity index (χ2n) is 7.17.